The van der Waals surface area contributed by atoms with E-state index in [-0.39, 0.29) is 17.4 Å². The number of amides is 1. The third-order valence-corrected chi connectivity index (χ3v) is 3.67. The molecule has 1 aromatic heterocycles. The van der Waals surface area contributed by atoms with E-state index in [1.165, 1.54) is 6.92 Å². The summed E-state index contributed by atoms with van der Waals surface area (Å²) in [7, 11) is 0. The molecule has 0 unspecified atom stereocenters. The zero-order valence-corrected chi connectivity index (χ0v) is 14.5. The molecule has 0 aliphatic carbocycles. The summed E-state index contributed by atoms with van der Waals surface area (Å²) in [6, 6.07) is 17.8. The second kappa shape index (κ2) is 7.57. The van der Waals surface area contributed by atoms with Crippen molar-refractivity contribution in [1.29, 1.82) is 0 Å². The maximum atomic E-state index is 12.5. The fraction of sp³-hybridized carbons (Fsp3) is 0.100. The number of aryl methyl sites for hydroxylation is 1. The van der Waals surface area contributed by atoms with E-state index in [2.05, 4.69) is 20.6 Å². The van der Waals surface area contributed by atoms with Crippen molar-refractivity contribution in [1.82, 2.24) is 9.97 Å². The molecular formula is C20H18N4O2. The summed E-state index contributed by atoms with van der Waals surface area (Å²) >= 11 is 0. The van der Waals surface area contributed by atoms with Crippen LogP contribution in [0.4, 0.5) is 17.3 Å². The van der Waals surface area contributed by atoms with Crippen LogP contribution in [0.5, 0.6) is 0 Å². The fourth-order valence-corrected chi connectivity index (χ4v) is 2.37. The predicted molar refractivity (Wildman–Crippen MR) is 101 cm³/mol. The van der Waals surface area contributed by atoms with Crippen LogP contribution in [0.15, 0.2) is 60.7 Å². The van der Waals surface area contributed by atoms with Gasteiger partial charge in [-0.3, -0.25) is 9.59 Å². The largest absolute Gasteiger partial charge is 0.324 e. The van der Waals surface area contributed by atoms with E-state index in [9.17, 15) is 9.59 Å². The van der Waals surface area contributed by atoms with Crippen molar-refractivity contribution in [3.63, 3.8) is 0 Å². The Morgan fingerprint density at radius 3 is 2.23 bits per heavy atom. The molecule has 0 aliphatic rings. The molecule has 2 aromatic carbocycles. The van der Waals surface area contributed by atoms with Crippen molar-refractivity contribution in [2.24, 2.45) is 0 Å². The van der Waals surface area contributed by atoms with E-state index in [0.29, 0.717) is 22.9 Å². The van der Waals surface area contributed by atoms with Gasteiger partial charge in [-0.1, -0.05) is 18.2 Å². The van der Waals surface area contributed by atoms with Crippen LogP contribution < -0.4 is 10.6 Å². The molecule has 0 bridgehead atoms. The molecule has 26 heavy (non-hydrogen) atoms. The first-order valence-corrected chi connectivity index (χ1v) is 8.11. The molecule has 0 saturated heterocycles. The molecule has 0 saturated carbocycles. The highest BCUT2D eigenvalue weighted by Crippen LogP contribution is 2.15. The van der Waals surface area contributed by atoms with Crippen molar-refractivity contribution in [3.8, 4) is 0 Å². The highest BCUT2D eigenvalue weighted by Gasteiger charge is 2.11. The van der Waals surface area contributed by atoms with E-state index in [4.69, 9.17) is 0 Å². The molecule has 0 spiro atoms. The van der Waals surface area contributed by atoms with Gasteiger partial charge >= 0.3 is 0 Å². The molecule has 2 N–H and O–H groups in total. The summed E-state index contributed by atoms with van der Waals surface area (Å²) < 4.78 is 0. The number of anilines is 3. The van der Waals surface area contributed by atoms with E-state index < -0.39 is 0 Å². The Morgan fingerprint density at radius 2 is 1.58 bits per heavy atom. The Kier molecular flexibility index (Phi) is 5.03. The van der Waals surface area contributed by atoms with Crippen LogP contribution in [-0.4, -0.2) is 21.7 Å². The first kappa shape index (κ1) is 17.3. The molecule has 3 aromatic rings. The minimum atomic E-state index is -0.345. The number of hydrogen-bond acceptors (Lipinski definition) is 5. The van der Waals surface area contributed by atoms with Crippen molar-refractivity contribution >= 4 is 29.0 Å². The van der Waals surface area contributed by atoms with Crippen molar-refractivity contribution < 1.29 is 9.59 Å². The molecule has 130 valence electrons. The summed E-state index contributed by atoms with van der Waals surface area (Å²) in [5, 5.41) is 5.86. The minimum absolute atomic E-state index is 0.0223. The molecular weight excluding hydrogens is 328 g/mol. The summed E-state index contributed by atoms with van der Waals surface area (Å²) in [5.74, 6) is -0.0126. The number of carbonyl (C=O) groups excluding carboxylic acids is 2. The Bertz CT molecular complexity index is 938. The number of ketones is 1. The zero-order chi connectivity index (χ0) is 18.5. The number of benzene rings is 2. The van der Waals surface area contributed by atoms with Crippen molar-refractivity contribution in [2.45, 2.75) is 13.8 Å². The van der Waals surface area contributed by atoms with Gasteiger partial charge in [0.1, 0.15) is 5.69 Å². The Balaban J connectivity index is 1.77. The van der Waals surface area contributed by atoms with E-state index in [0.717, 1.165) is 5.69 Å². The third-order valence-electron chi connectivity index (χ3n) is 3.67. The Hall–Kier alpha value is -3.54. The number of Topliss-reactive ketones (excluding diaryl/α,β-unsaturated/α-hetero) is 1. The number of aromatic nitrogens is 2. The smallest absolute Gasteiger partial charge is 0.274 e. The lowest BCUT2D eigenvalue weighted by Crippen LogP contribution is -2.15. The SMILES string of the molecule is CC(=O)c1ccc(NC(=O)c2cc(C)nc(Nc3ccccc3)n2)cc1. The maximum Gasteiger partial charge on any atom is 0.274 e. The van der Waals surface area contributed by atoms with E-state index in [1.54, 1.807) is 37.3 Å². The number of rotatable bonds is 5. The summed E-state index contributed by atoms with van der Waals surface area (Å²) in [4.78, 5) is 32.4. The lowest BCUT2D eigenvalue weighted by atomic mass is 10.1. The lowest BCUT2D eigenvalue weighted by Gasteiger charge is -2.09. The number of hydrogen-bond donors (Lipinski definition) is 2. The molecule has 0 atom stereocenters. The van der Waals surface area contributed by atoms with Gasteiger partial charge in [-0.2, -0.15) is 0 Å². The average molecular weight is 346 g/mol. The molecule has 1 amide bonds. The summed E-state index contributed by atoms with van der Waals surface area (Å²) in [6.45, 7) is 3.30. The normalized spacial score (nSPS) is 10.2. The molecule has 3 rings (SSSR count). The van der Waals surface area contributed by atoms with Gasteiger partial charge in [-0.05, 0) is 56.3 Å². The van der Waals surface area contributed by atoms with Crippen LogP contribution in [0.3, 0.4) is 0 Å². The lowest BCUT2D eigenvalue weighted by molar-refractivity contribution is 0.101. The number of nitrogens with one attached hydrogen (secondary N) is 2. The van der Waals surface area contributed by atoms with Crippen LogP contribution in [-0.2, 0) is 0 Å². The third kappa shape index (κ3) is 4.30. The molecule has 1 heterocycles. The Labute approximate surface area is 151 Å². The molecule has 0 aliphatic heterocycles. The van der Waals surface area contributed by atoms with Crippen LogP contribution >= 0.6 is 0 Å². The van der Waals surface area contributed by atoms with Crippen LogP contribution in [0.2, 0.25) is 0 Å². The van der Waals surface area contributed by atoms with Gasteiger partial charge < -0.3 is 10.6 Å². The topological polar surface area (TPSA) is 84.0 Å². The molecule has 0 radical (unpaired) electrons. The van der Waals surface area contributed by atoms with Gasteiger partial charge in [-0.25, -0.2) is 9.97 Å². The van der Waals surface area contributed by atoms with Gasteiger partial charge in [0.15, 0.2) is 5.78 Å². The highest BCUT2D eigenvalue weighted by atomic mass is 16.2. The zero-order valence-electron chi connectivity index (χ0n) is 14.5. The Morgan fingerprint density at radius 1 is 0.885 bits per heavy atom. The van der Waals surface area contributed by atoms with Gasteiger partial charge in [0.25, 0.3) is 5.91 Å². The monoisotopic (exact) mass is 346 g/mol. The van der Waals surface area contributed by atoms with Crippen LogP contribution in [0.25, 0.3) is 0 Å². The molecule has 6 nitrogen and oxygen atoms in total. The first-order valence-electron chi connectivity index (χ1n) is 8.11. The summed E-state index contributed by atoms with van der Waals surface area (Å²) in [6.07, 6.45) is 0. The standard InChI is InChI=1S/C20H18N4O2/c1-13-12-18(24-20(21-13)23-16-6-4-3-5-7-16)19(26)22-17-10-8-15(9-11-17)14(2)25/h3-12H,1-2H3,(H,22,26)(H,21,23,24). The average Bonchev–Trinajstić information content (AvgIpc) is 2.62. The quantitative estimate of drug-likeness (QED) is 0.683. The predicted octanol–water partition coefficient (Wildman–Crippen LogP) is 3.98. The van der Waals surface area contributed by atoms with Gasteiger partial charge in [0.05, 0.1) is 0 Å². The van der Waals surface area contributed by atoms with E-state index >= 15 is 0 Å². The van der Waals surface area contributed by atoms with Gasteiger partial charge in [-0.15, -0.1) is 0 Å². The van der Waals surface area contributed by atoms with Crippen molar-refractivity contribution in [2.75, 3.05) is 10.6 Å². The number of para-hydroxylation sites is 1. The molecule has 0 fully saturated rings. The van der Waals surface area contributed by atoms with Gasteiger partial charge in [0, 0.05) is 22.6 Å². The minimum Gasteiger partial charge on any atom is -0.324 e. The summed E-state index contributed by atoms with van der Waals surface area (Å²) in [5.41, 5.74) is 2.95. The second-order valence-corrected chi connectivity index (χ2v) is 5.80. The van der Waals surface area contributed by atoms with Gasteiger partial charge in [0.2, 0.25) is 5.95 Å². The second-order valence-electron chi connectivity index (χ2n) is 5.80. The number of carbonyl (C=O) groups is 2. The number of nitrogens with zero attached hydrogens (tertiary/aromatic N) is 2. The highest BCUT2D eigenvalue weighted by molar-refractivity contribution is 6.03. The van der Waals surface area contributed by atoms with Crippen LogP contribution in [0, 0.1) is 6.92 Å². The molecule has 6 heteroatoms. The van der Waals surface area contributed by atoms with Crippen molar-refractivity contribution in [3.05, 3.63) is 77.6 Å². The fourth-order valence-electron chi connectivity index (χ4n) is 2.37. The maximum absolute atomic E-state index is 12.5. The first-order chi connectivity index (χ1) is 12.5. The van der Waals surface area contributed by atoms with E-state index in [1.807, 2.05) is 30.3 Å². The van der Waals surface area contributed by atoms with Crippen LogP contribution in [0.1, 0.15) is 33.5 Å².